The number of alkyl halides is 6. The Morgan fingerprint density at radius 2 is 1.86 bits per heavy atom. The Kier molecular flexibility index (Phi) is 2.71. The van der Waals surface area contributed by atoms with Crippen LogP contribution < -0.4 is 0 Å². The first kappa shape index (κ1) is 11.2. The lowest BCUT2D eigenvalue weighted by Gasteiger charge is -2.15. The van der Waals surface area contributed by atoms with E-state index in [4.69, 9.17) is 11.6 Å². The van der Waals surface area contributed by atoms with Crippen LogP contribution in [0.2, 0.25) is 0 Å². The molecule has 0 saturated heterocycles. The van der Waals surface area contributed by atoms with Gasteiger partial charge in [-0.05, 0) is 0 Å². The molecule has 0 fully saturated rings. The van der Waals surface area contributed by atoms with Gasteiger partial charge in [-0.25, -0.2) is 4.98 Å². The van der Waals surface area contributed by atoms with Crippen molar-refractivity contribution >= 4 is 11.6 Å². The van der Waals surface area contributed by atoms with Gasteiger partial charge in [0, 0.05) is 0 Å². The Balaban J connectivity index is 3.04. The maximum absolute atomic E-state index is 12.5. The summed E-state index contributed by atoms with van der Waals surface area (Å²) in [4.78, 5) is 2.80. The van der Waals surface area contributed by atoms with E-state index >= 15 is 0 Å². The maximum Gasteiger partial charge on any atom is 0.463 e. The molecular weight excluding hydrogens is 233 g/mol. The first-order valence-electron chi connectivity index (χ1n) is 3.24. The Morgan fingerprint density at radius 1 is 1.29 bits per heavy atom. The molecule has 1 heterocycles. The van der Waals surface area contributed by atoms with Crippen molar-refractivity contribution in [2.24, 2.45) is 0 Å². The number of rotatable bonds is 2. The minimum atomic E-state index is -5.72. The van der Waals surface area contributed by atoms with E-state index < -0.39 is 18.0 Å². The summed E-state index contributed by atoms with van der Waals surface area (Å²) in [5.41, 5.74) is 0. The lowest BCUT2D eigenvalue weighted by Crippen LogP contribution is -2.33. The smallest absolute Gasteiger partial charge is 0.439 e. The van der Waals surface area contributed by atoms with Crippen LogP contribution in [0.15, 0.2) is 10.6 Å². The molecule has 0 bridgehead atoms. The predicted molar refractivity (Wildman–Crippen MR) is 36.0 cm³/mol. The minimum Gasteiger partial charge on any atom is -0.439 e. The quantitative estimate of drug-likeness (QED) is 0.582. The average Bonchev–Trinajstić information content (AvgIpc) is 2.49. The van der Waals surface area contributed by atoms with Gasteiger partial charge in [-0.1, -0.05) is 0 Å². The summed E-state index contributed by atoms with van der Waals surface area (Å²) < 4.78 is 64.3. The molecule has 0 spiro atoms. The molecule has 80 valence electrons. The van der Waals surface area contributed by atoms with Crippen LogP contribution in [0.5, 0.6) is 0 Å². The molecule has 2 nitrogen and oxygen atoms in total. The zero-order valence-electron chi connectivity index (χ0n) is 6.41. The molecule has 1 aromatic heterocycles. The highest BCUT2D eigenvalue weighted by molar-refractivity contribution is 6.16. The highest BCUT2D eigenvalue weighted by atomic mass is 35.5. The SMILES string of the molecule is FC(F)(F)C(F)(F)c1ncc(CCl)o1. The largest absolute Gasteiger partial charge is 0.463 e. The second-order valence-corrected chi connectivity index (χ2v) is 2.60. The predicted octanol–water partition coefficient (Wildman–Crippen LogP) is 3.07. The van der Waals surface area contributed by atoms with Crippen molar-refractivity contribution in [3.8, 4) is 0 Å². The highest BCUT2D eigenvalue weighted by Gasteiger charge is 2.62. The normalized spacial score (nSPS) is 13.3. The van der Waals surface area contributed by atoms with Crippen LogP contribution in [0.25, 0.3) is 0 Å². The molecular formula is C6H3ClF5NO. The third kappa shape index (κ3) is 1.82. The van der Waals surface area contributed by atoms with E-state index in [1.165, 1.54) is 0 Å². The number of oxazole rings is 1. The second kappa shape index (κ2) is 3.38. The summed E-state index contributed by atoms with van der Waals surface area (Å²) in [5, 5.41) is 0. The molecule has 0 amide bonds. The molecule has 1 aromatic rings. The van der Waals surface area contributed by atoms with E-state index in [2.05, 4.69) is 9.40 Å². The molecule has 0 radical (unpaired) electrons. The van der Waals surface area contributed by atoms with Crippen LogP contribution in [0.3, 0.4) is 0 Å². The number of aromatic nitrogens is 1. The van der Waals surface area contributed by atoms with E-state index in [1.807, 2.05) is 0 Å². The summed E-state index contributed by atoms with van der Waals surface area (Å²) in [6.07, 6.45) is -5.00. The van der Waals surface area contributed by atoms with Crippen molar-refractivity contribution < 1.29 is 26.4 Å². The Bertz CT molecular complexity index is 320. The first-order chi connectivity index (χ1) is 6.29. The van der Waals surface area contributed by atoms with Crippen molar-refractivity contribution in [3.63, 3.8) is 0 Å². The van der Waals surface area contributed by atoms with Gasteiger partial charge >= 0.3 is 12.1 Å². The summed E-state index contributed by atoms with van der Waals surface area (Å²) >= 11 is 5.14. The highest BCUT2D eigenvalue weighted by Crippen LogP contribution is 2.43. The lowest BCUT2D eigenvalue weighted by molar-refractivity contribution is -0.297. The van der Waals surface area contributed by atoms with Crippen molar-refractivity contribution in [2.45, 2.75) is 18.0 Å². The van der Waals surface area contributed by atoms with Crippen LogP contribution in [0, 0.1) is 0 Å². The number of hydrogen-bond acceptors (Lipinski definition) is 2. The Labute approximate surface area is 79.7 Å². The topological polar surface area (TPSA) is 26.0 Å². The average molecular weight is 236 g/mol. The lowest BCUT2D eigenvalue weighted by atomic mass is 10.3. The second-order valence-electron chi connectivity index (χ2n) is 2.34. The van der Waals surface area contributed by atoms with Crippen LogP contribution >= 0.6 is 11.6 Å². The molecule has 0 aliphatic rings. The number of halogens is 6. The van der Waals surface area contributed by atoms with Gasteiger partial charge in [-0.3, -0.25) is 0 Å². The Hall–Kier alpha value is -0.850. The fraction of sp³-hybridized carbons (Fsp3) is 0.500. The zero-order chi connectivity index (χ0) is 11.0. The van der Waals surface area contributed by atoms with Crippen LogP contribution in [-0.2, 0) is 11.8 Å². The van der Waals surface area contributed by atoms with Crippen molar-refractivity contribution in [1.29, 1.82) is 0 Å². The molecule has 0 unspecified atom stereocenters. The molecule has 14 heavy (non-hydrogen) atoms. The molecule has 0 atom stereocenters. The van der Waals surface area contributed by atoms with Gasteiger partial charge < -0.3 is 4.42 Å². The third-order valence-corrected chi connectivity index (χ3v) is 1.57. The van der Waals surface area contributed by atoms with Gasteiger partial charge in [-0.2, -0.15) is 22.0 Å². The molecule has 8 heteroatoms. The third-order valence-electron chi connectivity index (χ3n) is 1.31. The van der Waals surface area contributed by atoms with Gasteiger partial charge in [0.15, 0.2) is 0 Å². The van der Waals surface area contributed by atoms with Crippen molar-refractivity contribution in [3.05, 3.63) is 17.8 Å². The summed E-state index contributed by atoms with van der Waals surface area (Å²) in [5.74, 6) is -7.34. The molecule has 0 saturated carbocycles. The monoisotopic (exact) mass is 235 g/mol. The van der Waals surface area contributed by atoms with Gasteiger partial charge in [0.1, 0.15) is 5.76 Å². The van der Waals surface area contributed by atoms with Gasteiger partial charge in [0.05, 0.1) is 12.1 Å². The molecule has 1 rings (SSSR count). The van der Waals surface area contributed by atoms with E-state index in [0.717, 1.165) is 6.20 Å². The zero-order valence-corrected chi connectivity index (χ0v) is 7.16. The first-order valence-corrected chi connectivity index (χ1v) is 3.78. The van der Waals surface area contributed by atoms with E-state index in [9.17, 15) is 22.0 Å². The van der Waals surface area contributed by atoms with Gasteiger partial charge in [0.2, 0.25) is 0 Å². The molecule has 0 aliphatic carbocycles. The Morgan fingerprint density at radius 3 is 2.21 bits per heavy atom. The standard InChI is InChI=1S/C6H3ClF5NO/c7-1-3-2-13-4(14-3)5(8,9)6(10,11)12/h2H,1H2. The summed E-state index contributed by atoms with van der Waals surface area (Å²) in [6.45, 7) is 0. The summed E-state index contributed by atoms with van der Waals surface area (Å²) in [6, 6.07) is 0. The fourth-order valence-corrected chi connectivity index (χ4v) is 0.759. The van der Waals surface area contributed by atoms with Crippen LogP contribution in [0.4, 0.5) is 22.0 Å². The number of nitrogens with zero attached hydrogens (tertiary/aromatic N) is 1. The summed E-state index contributed by atoms with van der Waals surface area (Å²) in [7, 11) is 0. The van der Waals surface area contributed by atoms with Crippen molar-refractivity contribution in [2.75, 3.05) is 0 Å². The van der Waals surface area contributed by atoms with E-state index in [-0.39, 0.29) is 11.6 Å². The molecule has 0 aliphatic heterocycles. The van der Waals surface area contributed by atoms with Crippen molar-refractivity contribution in [1.82, 2.24) is 4.98 Å². The molecule has 0 aromatic carbocycles. The number of hydrogen-bond donors (Lipinski definition) is 0. The molecule has 0 N–H and O–H groups in total. The van der Waals surface area contributed by atoms with Crippen LogP contribution in [0.1, 0.15) is 11.7 Å². The van der Waals surface area contributed by atoms with E-state index in [1.54, 1.807) is 0 Å². The van der Waals surface area contributed by atoms with Gasteiger partial charge in [0.25, 0.3) is 5.89 Å². The fourth-order valence-electron chi connectivity index (χ4n) is 0.636. The van der Waals surface area contributed by atoms with E-state index in [0.29, 0.717) is 0 Å². The van der Waals surface area contributed by atoms with Gasteiger partial charge in [-0.15, -0.1) is 11.6 Å². The maximum atomic E-state index is 12.5. The van der Waals surface area contributed by atoms with Crippen LogP contribution in [-0.4, -0.2) is 11.2 Å². The minimum absolute atomic E-state index is 0.245.